The van der Waals surface area contributed by atoms with E-state index >= 15 is 0 Å². The third-order valence-electron chi connectivity index (χ3n) is 4.54. The number of aliphatic hydroxyl groups excluding tert-OH is 1. The van der Waals surface area contributed by atoms with Crippen LogP contribution in [0, 0.1) is 0 Å². The topological polar surface area (TPSA) is 53.0 Å². The van der Waals surface area contributed by atoms with Crippen LogP contribution in [0.15, 0.2) is 24.3 Å². The first kappa shape index (κ1) is 16.8. The molecule has 1 aromatic rings. The molecule has 1 aromatic carbocycles. The Hall–Kier alpha value is -1.59. The number of methoxy groups -OCH3 is 1. The van der Waals surface area contributed by atoms with Gasteiger partial charge in [-0.15, -0.1) is 0 Å². The number of benzene rings is 1. The van der Waals surface area contributed by atoms with Gasteiger partial charge in [-0.2, -0.15) is 0 Å². The van der Waals surface area contributed by atoms with Crippen LogP contribution in [0.5, 0.6) is 5.75 Å². The molecule has 1 aliphatic heterocycles. The maximum Gasteiger partial charge on any atom is 0.256 e. The molecule has 5 nitrogen and oxygen atoms in total. The van der Waals surface area contributed by atoms with Gasteiger partial charge in [0.25, 0.3) is 5.91 Å². The van der Waals surface area contributed by atoms with Crippen molar-refractivity contribution in [2.45, 2.75) is 31.9 Å². The lowest BCUT2D eigenvalue weighted by atomic mass is 10.0. The molecule has 0 aliphatic carbocycles. The summed E-state index contributed by atoms with van der Waals surface area (Å²) in [5, 5.41) is 10.4. The monoisotopic (exact) mass is 306 g/mol. The highest BCUT2D eigenvalue weighted by molar-refractivity contribution is 5.82. The highest BCUT2D eigenvalue weighted by Crippen LogP contribution is 2.23. The van der Waals surface area contributed by atoms with Crippen LogP contribution in [0.2, 0.25) is 0 Å². The van der Waals surface area contributed by atoms with Crippen molar-refractivity contribution in [3.63, 3.8) is 0 Å². The second kappa shape index (κ2) is 7.61. The lowest BCUT2D eigenvalue weighted by molar-refractivity contribution is -0.142. The lowest BCUT2D eigenvalue weighted by Crippen LogP contribution is -2.46. The molecule has 0 saturated carbocycles. The third kappa shape index (κ3) is 3.78. The highest BCUT2D eigenvalue weighted by Gasteiger charge is 2.29. The van der Waals surface area contributed by atoms with Gasteiger partial charge in [0.2, 0.25) is 0 Å². The fourth-order valence-corrected chi connectivity index (χ4v) is 2.95. The van der Waals surface area contributed by atoms with Gasteiger partial charge < -0.3 is 19.6 Å². The van der Waals surface area contributed by atoms with Crippen LogP contribution in [-0.4, -0.2) is 60.6 Å². The van der Waals surface area contributed by atoms with Crippen molar-refractivity contribution in [3.8, 4) is 5.75 Å². The molecular weight excluding hydrogens is 280 g/mol. The molecule has 0 spiro atoms. The Bertz CT molecular complexity index is 498. The summed E-state index contributed by atoms with van der Waals surface area (Å²) in [4.78, 5) is 16.6. The van der Waals surface area contributed by atoms with Crippen molar-refractivity contribution in [2.75, 3.05) is 33.8 Å². The largest absolute Gasteiger partial charge is 0.497 e. The van der Waals surface area contributed by atoms with E-state index in [2.05, 4.69) is 11.8 Å². The summed E-state index contributed by atoms with van der Waals surface area (Å²) in [6.07, 6.45) is 0.784. The van der Waals surface area contributed by atoms with Gasteiger partial charge >= 0.3 is 0 Å². The van der Waals surface area contributed by atoms with E-state index in [4.69, 9.17) is 4.74 Å². The number of hydrogen-bond donors (Lipinski definition) is 1. The number of amides is 1. The van der Waals surface area contributed by atoms with Gasteiger partial charge in [-0.05, 0) is 37.1 Å². The average Bonchev–Trinajstić information content (AvgIpc) is 2.59. The van der Waals surface area contributed by atoms with Crippen molar-refractivity contribution < 1.29 is 14.6 Å². The van der Waals surface area contributed by atoms with Gasteiger partial charge in [0.15, 0.2) is 6.10 Å². The van der Waals surface area contributed by atoms with Crippen molar-refractivity contribution >= 4 is 5.91 Å². The van der Waals surface area contributed by atoms with Crippen LogP contribution in [0.3, 0.4) is 0 Å². The third-order valence-corrected chi connectivity index (χ3v) is 4.54. The second-order valence-corrected chi connectivity index (χ2v) is 5.79. The van der Waals surface area contributed by atoms with Crippen molar-refractivity contribution in [3.05, 3.63) is 29.8 Å². The number of carbonyl (C=O) groups excluding carboxylic acids is 1. The molecule has 122 valence electrons. The van der Waals surface area contributed by atoms with Crippen LogP contribution >= 0.6 is 0 Å². The fourth-order valence-electron chi connectivity index (χ4n) is 2.95. The van der Waals surface area contributed by atoms with E-state index in [1.165, 1.54) is 0 Å². The minimum absolute atomic E-state index is 0.204. The molecule has 22 heavy (non-hydrogen) atoms. The summed E-state index contributed by atoms with van der Waals surface area (Å²) >= 11 is 0. The SMILES string of the molecule is CCN1CCC(N(C)C(=O)C(O)c2cccc(OC)c2)CC1. The van der Waals surface area contributed by atoms with Gasteiger partial charge in [-0.3, -0.25) is 4.79 Å². The van der Waals surface area contributed by atoms with Gasteiger partial charge in [0.1, 0.15) is 5.75 Å². The Morgan fingerprint density at radius 2 is 2.14 bits per heavy atom. The molecule has 1 amide bonds. The average molecular weight is 306 g/mol. The van der Waals surface area contributed by atoms with Gasteiger partial charge in [0, 0.05) is 26.2 Å². The molecule has 1 unspecified atom stereocenters. The summed E-state index contributed by atoms with van der Waals surface area (Å²) in [5.41, 5.74) is 0.571. The Morgan fingerprint density at radius 3 is 2.73 bits per heavy atom. The molecule has 1 aliphatic rings. The molecule has 1 heterocycles. The normalized spacial score (nSPS) is 18.0. The Kier molecular flexibility index (Phi) is 5.80. The first-order chi connectivity index (χ1) is 10.6. The standard InChI is InChI=1S/C17H26N2O3/c1-4-19-10-8-14(9-11-19)18(2)17(21)16(20)13-6-5-7-15(12-13)22-3/h5-7,12,14,16,20H,4,8-11H2,1-3H3. The lowest BCUT2D eigenvalue weighted by Gasteiger charge is -2.37. The molecule has 1 N–H and O–H groups in total. The second-order valence-electron chi connectivity index (χ2n) is 5.79. The highest BCUT2D eigenvalue weighted by atomic mass is 16.5. The number of piperidine rings is 1. The first-order valence-electron chi connectivity index (χ1n) is 7.87. The van der Waals surface area contributed by atoms with E-state index in [-0.39, 0.29) is 11.9 Å². The first-order valence-corrected chi connectivity index (χ1v) is 7.87. The van der Waals surface area contributed by atoms with Crippen LogP contribution < -0.4 is 4.74 Å². The predicted molar refractivity (Wildman–Crippen MR) is 85.9 cm³/mol. The summed E-state index contributed by atoms with van der Waals surface area (Å²) < 4.78 is 5.14. The van der Waals surface area contributed by atoms with Gasteiger partial charge in [0.05, 0.1) is 7.11 Å². The van der Waals surface area contributed by atoms with E-state index in [9.17, 15) is 9.90 Å². The number of ether oxygens (including phenoxy) is 1. The van der Waals surface area contributed by atoms with E-state index in [0.717, 1.165) is 32.5 Å². The summed E-state index contributed by atoms with van der Waals surface area (Å²) in [6, 6.07) is 7.24. The number of aliphatic hydroxyl groups is 1. The molecule has 1 saturated heterocycles. The predicted octanol–water partition coefficient (Wildman–Crippen LogP) is 1.67. The molecule has 2 rings (SSSR count). The number of rotatable bonds is 5. The molecule has 0 aromatic heterocycles. The van der Waals surface area contributed by atoms with Crippen molar-refractivity contribution in [1.82, 2.24) is 9.80 Å². The minimum atomic E-state index is -1.13. The molecule has 0 radical (unpaired) electrons. The molecular formula is C17H26N2O3. The Morgan fingerprint density at radius 1 is 1.45 bits per heavy atom. The number of hydrogen-bond acceptors (Lipinski definition) is 4. The minimum Gasteiger partial charge on any atom is -0.497 e. The summed E-state index contributed by atoms with van der Waals surface area (Å²) in [5.74, 6) is 0.395. The Balaban J connectivity index is 2.00. The number of likely N-dealkylation sites (N-methyl/N-ethyl adjacent to an activating group) is 1. The molecule has 5 heteroatoms. The zero-order valence-electron chi connectivity index (χ0n) is 13.7. The van der Waals surface area contributed by atoms with Crippen molar-refractivity contribution in [1.29, 1.82) is 0 Å². The van der Waals surface area contributed by atoms with E-state index < -0.39 is 6.10 Å². The number of nitrogens with zero attached hydrogens (tertiary/aromatic N) is 2. The van der Waals surface area contributed by atoms with Crippen molar-refractivity contribution in [2.24, 2.45) is 0 Å². The van der Waals surface area contributed by atoms with E-state index in [1.54, 1.807) is 43.3 Å². The van der Waals surface area contributed by atoms with E-state index in [0.29, 0.717) is 11.3 Å². The fraction of sp³-hybridized carbons (Fsp3) is 0.588. The molecule has 1 fully saturated rings. The van der Waals surface area contributed by atoms with Gasteiger partial charge in [-0.1, -0.05) is 19.1 Å². The zero-order valence-corrected chi connectivity index (χ0v) is 13.7. The maximum absolute atomic E-state index is 12.5. The maximum atomic E-state index is 12.5. The molecule has 0 bridgehead atoms. The van der Waals surface area contributed by atoms with Gasteiger partial charge in [-0.25, -0.2) is 0 Å². The number of carbonyl (C=O) groups is 1. The zero-order chi connectivity index (χ0) is 16.1. The van der Waals surface area contributed by atoms with Crippen LogP contribution in [0.25, 0.3) is 0 Å². The van der Waals surface area contributed by atoms with E-state index in [1.807, 2.05) is 0 Å². The van der Waals surface area contributed by atoms with Crippen LogP contribution in [0.1, 0.15) is 31.4 Å². The summed E-state index contributed by atoms with van der Waals surface area (Å²) in [6.45, 7) is 5.22. The Labute approximate surface area is 132 Å². The summed E-state index contributed by atoms with van der Waals surface area (Å²) in [7, 11) is 3.36. The van der Waals surface area contributed by atoms with Crippen LogP contribution in [-0.2, 0) is 4.79 Å². The smallest absolute Gasteiger partial charge is 0.256 e. The quantitative estimate of drug-likeness (QED) is 0.899. The molecule has 1 atom stereocenters. The van der Waals surface area contributed by atoms with Crippen LogP contribution in [0.4, 0.5) is 0 Å². The number of likely N-dealkylation sites (tertiary alicyclic amines) is 1.